The summed E-state index contributed by atoms with van der Waals surface area (Å²) < 4.78 is 6.20. The summed E-state index contributed by atoms with van der Waals surface area (Å²) in [5.74, 6) is 2.85. The molecular weight excluding hydrogens is 636 g/mol. The predicted molar refractivity (Wildman–Crippen MR) is 201 cm³/mol. The zero-order chi connectivity index (χ0) is 36.9. The number of carbonyl (C=O) groups is 3. The quantitative estimate of drug-likeness (QED) is 0.254. The van der Waals surface area contributed by atoms with Crippen LogP contribution in [0, 0.1) is 68.0 Å². The second kappa shape index (κ2) is 12.7. The van der Waals surface area contributed by atoms with Gasteiger partial charge in [0.1, 0.15) is 6.10 Å². The summed E-state index contributed by atoms with van der Waals surface area (Å²) in [5.41, 5.74) is -0.470. The number of carboxylic acid groups (broad SMARTS) is 1. The lowest BCUT2D eigenvalue weighted by molar-refractivity contribution is -0.252. The molecule has 0 bridgehead atoms. The van der Waals surface area contributed by atoms with Crippen molar-refractivity contribution < 1.29 is 24.2 Å². The van der Waals surface area contributed by atoms with Crippen LogP contribution in [0.1, 0.15) is 152 Å². The van der Waals surface area contributed by atoms with Gasteiger partial charge in [0.25, 0.3) is 0 Å². The van der Waals surface area contributed by atoms with E-state index in [0.717, 1.165) is 57.9 Å². The van der Waals surface area contributed by atoms with Gasteiger partial charge in [-0.05, 0) is 148 Å². The average Bonchev–Trinajstić information content (AvgIpc) is 3.83. The highest BCUT2D eigenvalue weighted by Gasteiger charge is 2.71. The maximum atomic E-state index is 14.2. The minimum Gasteiger partial charge on any atom is -0.481 e. The molecule has 1 N–H and O–H groups in total. The maximum absolute atomic E-state index is 14.2. The molecule has 1 amide bonds. The first-order valence-electron chi connectivity index (χ1n) is 21.2. The Labute approximate surface area is 309 Å². The monoisotopic (exact) mass is 709 g/mol. The molecule has 7 heteroatoms. The zero-order valence-corrected chi connectivity index (χ0v) is 33.8. The lowest BCUT2D eigenvalue weighted by Gasteiger charge is -2.73. The fourth-order valence-corrected chi connectivity index (χ4v) is 14.9. The van der Waals surface area contributed by atoms with E-state index < -0.39 is 11.4 Å². The van der Waals surface area contributed by atoms with Crippen molar-refractivity contribution in [3.63, 3.8) is 0 Å². The lowest BCUT2D eigenvalue weighted by Crippen LogP contribution is -2.67. The minimum atomic E-state index is -1.13. The van der Waals surface area contributed by atoms with Crippen LogP contribution in [0.4, 0.5) is 0 Å². The van der Waals surface area contributed by atoms with Gasteiger partial charge in [-0.3, -0.25) is 19.3 Å². The van der Waals surface area contributed by atoms with E-state index >= 15 is 0 Å². The van der Waals surface area contributed by atoms with Crippen molar-refractivity contribution in [1.29, 1.82) is 0 Å². The molecule has 6 aliphatic carbocycles. The molecular formula is C44H72N2O5. The van der Waals surface area contributed by atoms with Gasteiger partial charge in [0.2, 0.25) is 5.91 Å². The molecule has 1 aliphatic heterocycles. The van der Waals surface area contributed by atoms with Gasteiger partial charge < -0.3 is 14.7 Å². The summed E-state index contributed by atoms with van der Waals surface area (Å²) in [6, 6.07) is 0.790. The number of rotatable bonds is 8. The summed E-state index contributed by atoms with van der Waals surface area (Å²) >= 11 is 0. The second-order valence-corrected chi connectivity index (χ2v) is 21.5. The van der Waals surface area contributed by atoms with Crippen LogP contribution in [-0.4, -0.2) is 71.1 Å². The first-order valence-corrected chi connectivity index (χ1v) is 21.2. The molecule has 51 heavy (non-hydrogen) atoms. The molecule has 7 aliphatic rings. The zero-order valence-electron chi connectivity index (χ0n) is 33.8. The van der Waals surface area contributed by atoms with Crippen LogP contribution in [0.2, 0.25) is 0 Å². The molecule has 1 saturated heterocycles. The number of ether oxygens (including phenoxy) is 1. The summed E-state index contributed by atoms with van der Waals surface area (Å²) in [6.07, 6.45) is 15.0. The number of carboxylic acids is 1. The first-order chi connectivity index (χ1) is 23.8. The molecule has 1 heterocycles. The van der Waals surface area contributed by atoms with Crippen LogP contribution in [-0.2, 0) is 19.1 Å². The Morgan fingerprint density at radius 1 is 0.784 bits per heavy atom. The fraction of sp³-hybridized carbons (Fsp3) is 0.932. The van der Waals surface area contributed by atoms with Crippen LogP contribution in [0.5, 0.6) is 0 Å². The van der Waals surface area contributed by atoms with Crippen LogP contribution in [0.25, 0.3) is 0 Å². The van der Waals surface area contributed by atoms with Crippen molar-refractivity contribution in [2.75, 3.05) is 26.2 Å². The Bertz CT molecular complexity index is 1380. The van der Waals surface area contributed by atoms with Crippen molar-refractivity contribution >= 4 is 17.8 Å². The van der Waals surface area contributed by atoms with Gasteiger partial charge in [0.05, 0.1) is 11.8 Å². The molecule has 0 radical (unpaired) electrons. The molecule has 0 spiro atoms. The number of fused-ring (bicyclic) bond motifs is 7. The summed E-state index contributed by atoms with van der Waals surface area (Å²) in [7, 11) is 0. The highest BCUT2D eigenvalue weighted by molar-refractivity contribution is 5.81. The Balaban J connectivity index is 1.10. The maximum Gasteiger partial charge on any atom is 0.309 e. The van der Waals surface area contributed by atoms with E-state index in [1.54, 1.807) is 13.8 Å². The molecule has 0 aromatic heterocycles. The Morgan fingerprint density at radius 3 is 2.10 bits per heavy atom. The Morgan fingerprint density at radius 2 is 1.47 bits per heavy atom. The molecule has 7 rings (SSSR count). The SMILES string of the molecule is CC(C)[C@@H]1CC[C@]2(CC(=O)N3CCN(C4CC4)CC3)CC[C@]3(C)[C@H](CC[C@@H]4[C@@]5(C)CC[C@H](OC(=O)CC(C)(C)C(=O)O)C(C)(C)[C@@H]5CC[C@]43C)[C@@H]12. The standard InChI is InChI=1S/C44H72N2O5/c1-28(2)30-14-19-44(26-35(47)46-24-22-45(23-25-46)29-10-11-29)21-20-42(8)31(37(30)44)12-13-33-41(7)17-16-34(51-36(48)27-39(3,4)38(49)50)40(5,6)32(41)15-18-43(33,42)9/h28-34,37H,10-27H2,1-9H3,(H,49,50)/t30-,31+,32-,33+,34-,37+,41-,42+,43+,44+/m0/s1. The molecule has 6 saturated carbocycles. The van der Waals surface area contributed by atoms with Crippen molar-refractivity contribution in [1.82, 2.24) is 9.80 Å². The molecule has 288 valence electrons. The summed E-state index contributed by atoms with van der Waals surface area (Å²) in [5, 5.41) is 9.62. The van der Waals surface area contributed by atoms with E-state index in [1.165, 1.54) is 57.8 Å². The third-order valence-electron chi connectivity index (χ3n) is 18.1. The Hall–Kier alpha value is -1.63. The Kier molecular flexibility index (Phi) is 9.40. The van der Waals surface area contributed by atoms with Crippen molar-refractivity contribution in [2.45, 2.75) is 164 Å². The molecule has 7 fully saturated rings. The van der Waals surface area contributed by atoms with Crippen LogP contribution in [0.15, 0.2) is 0 Å². The van der Waals surface area contributed by atoms with Gasteiger partial charge in [-0.1, -0.05) is 48.5 Å². The van der Waals surface area contributed by atoms with E-state index in [9.17, 15) is 19.5 Å². The van der Waals surface area contributed by atoms with E-state index in [2.05, 4.69) is 58.3 Å². The third kappa shape index (κ3) is 5.94. The summed E-state index contributed by atoms with van der Waals surface area (Å²) in [4.78, 5) is 43.9. The lowest BCUT2D eigenvalue weighted by atomic mass is 9.32. The molecule has 0 aromatic rings. The van der Waals surface area contributed by atoms with Crippen molar-refractivity contribution in [3.8, 4) is 0 Å². The largest absolute Gasteiger partial charge is 0.481 e. The van der Waals surface area contributed by atoms with Gasteiger partial charge in [-0.25, -0.2) is 0 Å². The number of aliphatic carboxylic acids is 1. The van der Waals surface area contributed by atoms with E-state index in [-0.39, 0.29) is 45.6 Å². The molecule has 0 aromatic carbocycles. The van der Waals surface area contributed by atoms with Crippen LogP contribution in [0.3, 0.4) is 0 Å². The number of amides is 1. The fourth-order valence-electron chi connectivity index (χ4n) is 14.9. The number of hydrogen-bond donors (Lipinski definition) is 1. The second-order valence-electron chi connectivity index (χ2n) is 21.5. The van der Waals surface area contributed by atoms with Gasteiger partial charge in [-0.15, -0.1) is 0 Å². The van der Waals surface area contributed by atoms with Gasteiger partial charge in [0.15, 0.2) is 0 Å². The average molecular weight is 709 g/mol. The molecule has 7 nitrogen and oxygen atoms in total. The number of nitrogens with zero attached hydrogens (tertiary/aromatic N) is 2. The normalized spacial score (nSPS) is 43.8. The highest BCUT2D eigenvalue weighted by Crippen LogP contribution is 2.78. The highest BCUT2D eigenvalue weighted by atomic mass is 16.5. The van der Waals surface area contributed by atoms with E-state index in [1.807, 2.05) is 0 Å². The van der Waals surface area contributed by atoms with E-state index in [0.29, 0.717) is 41.4 Å². The van der Waals surface area contributed by atoms with Gasteiger partial charge >= 0.3 is 11.9 Å². The van der Waals surface area contributed by atoms with Gasteiger partial charge in [0, 0.05) is 44.1 Å². The van der Waals surface area contributed by atoms with Crippen LogP contribution < -0.4 is 0 Å². The smallest absolute Gasteiger partial charge is 0.309 e. The topological polar surface area (TPSA) is 87.2 Å². The molecule has 10 atom stereocenters. The number of hydrogen-bond acceptors (Lipinski definition) is 5. The number of carbonyl (C=O) groups excluding carboxylic acids is 2. The third-order valence-corrected chi connectivity index (χ3v) is 18.1. The predicted octanol–water partition coefficient (Wildman–Crippen LogP) is 8.83. The first kappa shape index (κ1) is 37.7. The molecule has 0 unspecified atom stereocenters. The minimum absolute atomic E-state index is 0.0973. The van der Waals surface area contributed by atoms with Gasteiger partial charge in [-0.2, -0.15) is 0 Å². The van der Waals surface area contributed by atoms with Crippen LogP contribution >= 0.6 is 0 Å². The number of esters is 1. The van der Waals surface area contributed by atoms with Crippen molar-refractivity contribution in [3.05, 3.63) is 0 Å². The van der Waals surface area contributed by atoms with Crippen molar-refractivity contribution in [2.24, 2.45) is 68.0 Å². The van der Waals surface area contributed by atoms with E-state index in [4.69, 9.17) is 4.74 Å². The summed E-state index contributed by atoms with van der Waals surface area (Å²) in [6.45, 7) is 24.7. The number of piperazine rings is 1.